The fraction of sp³-hybridized carbons (Fsp3) is 0.778. The summed E-state index contributed by atoms with van der Waals surface area (Å²) in [6.45, 7) is 3.85. The van der Waals surface area contributed by atoms with Crippen molar-refractivity contribution in [2.75, 3.05) is 0 Å². The minimum absolute atomic E-state index is 0.0307. The Morgan fingerprint density at radius 2 is 1.92 bits per heavy atom. The molecule has 1 N–H and O–H groups in total. The van der Waals surface area contributed by atoms with E-state index >= 15 is 0 Å². The number of hydrogen-bond donors (Lipinski definition) is 1. The Morgan fingerprint density at radius 1 is 1.36 bits per heavy atom. The van der Waals surface area contributed by atoms with Gasteiger partial charge in [-0.1, -0.05) is 6.92 Å². The highest BCUT2D eigenvalue weighted by Gasteiger charge is 2.53. The minimum atomic E-state index is -0.477. The number of nitro groups is 1. The van der Waals surface area contributed by atoms with E-state index in [0.29, 0.717) is 17.8 Å². The summed E-state index contributed by atoms with van der Waals surface area (Å²) < 4.78 is 1.79. The molecule has 0 saturated heterocycles. The Kier molecular flexibility index (Phi) is 3.85. The Bertz CT molecular complexity index is 676. The van der Waals surface area contributed by atoms with Gasteiger partial charge in [-0.25, -0.2) is 0 Å². The van der Waals surface area contributed by atoms with Gasteiger partial charge in [-0.2, -0.15) is 5.10 Å². The molecule has 1 amide bonds. The lowest BCUT2D eigenvalue weighted by atomic mass is 9.53. The largest absolute Gasteiger partial charge is 0.348 e. The topological polar surface area (TPSA) is 90.1 Å². The van der Waals surface area contributed by atoms with E-state index in [4.69, 9.17) is 0 Å². The molecule has 1 aromatic rings. The smallest absolute Gasteiger partial charge is 0.320 e. The lowest BCUT2D eigenvalue weighted by molar-refractivity contribution is -0.385. The Balaban J connectivity index is 1.68. The van der Waals surface area contributed by atoms with Crippen molar-refractivity contribution in [3.63, 3.8) is 0 Å². The van der Waals surface area contributed by atoms with Crippen LogP contribution in [-0.4, -0.2) is 26.7 Å². The maximum Gasteiger partial charge on any atom is 0.320 e. The van der Waals surface area contributed by atoms with Crippen molar-refractivity contribution in [1.82, 2.24) is 15.1 Å². The lowest BCUT2D eigenvalue weighted by Crippen LogP contribution is -2.52. The molecule has 7 nitrogen and oxygen atoms in total. The molecule has 0 radical (unpaired) electrons. The van der Waals surface area contributed by atoms with Crippen LogP contribution in [0.1, 0.15) is 69.3 Å². The number of carbonyl (C=O) groups excluding carboxylic acids is 1. The molecule has 25 heavy (non-hydrogen) atoms. The van der Waals surface area contributed by atoms with Gasteiger partial charge in [-0.05, 0) is 69.6 Å². The molecule has 4 fully saturated rings. The van der Waals surface area contributed by atoms with Gasteiger partial charge in [0.15, 0.2) is 0 Å². The first-order valence-electron chi connectivity index (χ1n) is 9.45. The third-order valence-electron chi connectivity index (χ3n) is 6.59. The van der Waals surface area contributed by atoms with Crippen molar-refractivity contribution in [2.45, 2.75) is 70.4 Å². The van der Waals surface area contributed by atoms with Crippen molar-refractivity contribution in [2.24, 2.45) is 17.8 Å². The van der Waals surface area contributed by atoms with Crippen molar-refractivity contribution in [3.8, 4) is 0 Å². The van der Waals surface area contributed by atoms with Gasteiger partial charge in [0.25, 0.3) is 5.91 Å². The average Bonchev–Trinajstić information content (AvgIpc) is 3.00. The van der Waals surface area contributed by atoms with Gasteiger partial charge in [0.2, 0.25) is 5.69 Å². The zero-order valence-corrected chi connectivity index (χ0v) is 14.9. The third-order valence-corrected chi connectivity index (χ3v) is 6.59. The Labute approximate surface area is 147 Å². The van der Waals surface area contributed by atoms with Gasteiger partial charge >= 0.3 is 5.69 Å². The van der Waals surface area contributed by atoms with Gasteiger partial charge in [-0.3, -0.25) is 19.6 Å². The summed E-state index contributed by atoms with van der Waals surface area (Å²) in [5.74, 6) is 1.70. The highest BCUT2D eigenvalue weighted by molar-refractivity contribution is 5.96. The molecule has 1 heterocycles. The highest BCUT2D eigenvalue weighted by Crippen LogP contribution is 2.58. The SMILES string of the molecule is CCC(C)NC(=O)c1nn(C23CC4CC(CC(C4)C2)C3)cc1[N+](=O)[O-]. The second-order valence-electron chi connectivity index (χ2n) is 8.49. The second-order valence-corrected chi connectivity index (χ2v) is 8.49. The summed E-state index contributed by atoms with van der Waals surface area (Å²) in [6, 6.07) is -0.0307. The number of nitrogens with zero attached hydrogens (tertiary/aromatic N) is 3. The molecule has 1 atom stereocenters. The summed E-state index contributed by atoms with van der Waals surface area (Å²) in [4.78, 5) is 23.5. The van der Waals surface area contributed by atoms with Gasteiger partial charge in [0.1, 0.15) is 6.20 Å². The first-order valence-corrected chi connectivity index (χ1v) is 9.45. The summed E-state index contributed by atoms with van der Waals surface area (Å²) in [6.07, 6.45) is 9.31. The molecule has 7 heteroatoms. The van der Waals surface area contributed by atoms with Crippen LogP contribution < -0.4 is 5.32 Å². The minimum Gasteiger partial charge on any atom is -0.348 e. The Hall–Kier alpha value is -1.92. The highest BCUT2D eigenvalue weighted by atomic mass is 16.6. The van der Waals surface area contributed by atoms with E-state index < -0.39 is 10.8 Å². The van der Waals surface area contributed by atoms with Crippen LogP contribution in [0.5, 0.6) is 0 Å². The standard InChI is InChI=1S/C18H26N4O3/c1-3-11(2)19-17(23)16-15(22(24)25)10-21(20-16)18-7-12-4-13(8-18)6-14(5-12)9-18/h10-14H,3-9H2,1-2H3,(H,19,23). The molecule has 5 rings (SSSR count). The molecule has 0 spiro atoms. The second kappa shape index (κ2) is 5.81. The Morgan fingerprint density at radius 3 is 2.40 bits per heavy atom. The van der Waals surface area contributed by atoms with E-state index in [2.05, 4.69) is 10.4 Å². The van der Waals surface area contributed by atoms with Gasteiger partial charge in [-0.15, -0.1) is 0 Å². The summed E-state index contributed by atoms with van der Waals surface area (Å²) in [5, 5.41) is 18.8. The first kappa shape index (κ1) is 16.5. The van der Waals surface area contributed by atoms with E-state index in [-0.39, 0.29) is 23.0 Å². The van der Waals surface area contributed by atoms with Crippen LogP contribution in [-0.2, 0) is 5.54 Å². The van der Waals surface area contributed by atoms with Crippen LogP contribution in [0, 0.1) is 27.9 Å². The van der Waals surface area contributed by atoms with Crippen LogP contribution in [0.4, 0.5) is 5.69 Å². The molecule has 4 aliphatic carbocycles. The molecule has 0 aromatic carbocycles. The predicted molar refractivity (Wildman–Crippen MR) is 92.2 cm³/mol. The zero-order chi connectivity index (χ0) is 17.8. The molecular weight excluding hydrogens is 320 g/mol. The molecule has 1 aromatic heterocycles. The normalized spacial score (nSPS) is 34.1. The van der Waals surface area contributed by atoms with Crippen molar-refractivity contribution >= 4 is 11.6 Å². The van der Waals surface area contributed by atoms with E-state index in [0.717, 1.165) is 25.7 Å². The maximum atomic E-state index is 12.5. The van der Waals surface area contributed by atoms with Crippen LogP contribution in [0.15, 0.2) is 6.20 Å². The molecule has 4 saturated carbocycles. The van der Waals surface area contributed by atoms with Crippen LogP contribution in [0.25, 0.3) is 0 Å². The van der Waals surface area contributed by atoms with Gasteiger partial charge in [0.05, 0.1) is 10.5 Å². The van der Waals surface area contributed by atoms with Gasteiger partial charge < -0.3 is 5.32 Å². The fourth-order valence-electron chi connectivity index (χ4n) is 5.64. The zero-order valence-electron chi connectivity index (χ0n) is 14.9. The monoisotopic (exact) mass is 346 g/mol. The first-order chi connectivity index (χ1) is 11.9. The maximum absolute atomic E-state index is 12.5. The number of aromatic nitrogens is 2. The van der Waals surface area contributed by atoms with E-state index in [9.17, 15) is 14.9 Å². The number of hydrogen-bond acceptors (Lipinski definition) is 4. The average molecular weight is 346 g/mol. The fourth-order valence-corrected chi connectivity index (χ4v) is 5.64. The lowest BCUT2D eigenvalue weighted by Gasteiger charge is -2.56. The van der Waals surface area contributed by atoms with Crippen molar-refractivity contribution < 1.29 is 9.72 Å². The molecule has 4 bridgehead atoms. The molecular formula is C18H26N4O3. The number of amides is 1. The van der Waals surface area contributed by atoms with Crippen LogP contribution in [0.3, 0.4) is 0 Å². The van der Waals surface area contributed by atoms with Crippen molar-refractivity contribution in [3.05, 3.63) is 22.0 Å². The summed E-state index contributed by atoms with van der Waals surface area (Å²) in [7, 11) is 0. The van der Waals surface area contributed by atoms with E-state index in [1.165, 1.54) is 25.5 Å². The van der Waals surface area contributed by atoms with Crippen molar-refractivity contribution in [1.29, 1.82) is 0 Å². The summed E-state index contributed by atoms with van der Waals surface area (Å²) >= 11 is 0. The van der Waals surface area contributed by atoms with E-state index in [1.54, 1.807) is 4.68 Å². The quantitative estimate of drug-likeness (QED) is 0.654. The van der Waals surface area contributed by atoms with E-state index in [1.807, 2.05) is 13.8 Å². The van der Waals surface area contributed by atoms with Crippen LogP contribution >= 0.6 is 0 Å². The van der Waals surface area contributed by atoms with Crippen LogP contribution in [0.2, 0.25) is 0 Å². The third kappa shape index (κ3) is 2.73. The molecule has 0 aliphatic heterocycles. The van der Waals surface area contributed by atoms with Gasteiger partial charge in [0, 0.05) is 6.04 Å². The molecule has 136 valence electrons. The molecule has 4 aliphatic rings. The number of carbonyl (C=O) groups is 1. The predicted octanol–water partition coefficient (Wildman–Crippen LogP) is 3.24. The summed E-state index contributed by atoms with van der Waals surface area (Å²) in [5.41, 5.74) is -0.327. The number of nitrogens with one attached hydrogen (secondary N) is 1. The molecule has 1 unspecified atom stereocenters. The number of rotatable bonds is 5.